The molecule has 2 saturated heterocycles. The number of anilines is 1. The summed E-state index contributed by atoms with van der Waals surface area (Å²) in [4.78, 5) is 6.02. The third-order valence-electron chi connectivity index (χ3n) is 6.01. The number of aromatic amines is 1. The molecular formula is C20H29N3O2S. The first-order valence-electron chi connectivity index (χ1n) is 9.91. The number of nitrogens with zero attached hydrogens (tertiary/aromatic N) is 1. The summed E-state index contributed by atoms with van der Waals surface area (Å²) in [5, 5.41) is 1.16. The van der Waals surface area contributed by atoms with Gasteiger partial charge in [-0.15, -0.1) is 0 Å². The van der Waals surface area contributed by atoms with E-state index in [1.807, 2.05) is 25.1 Å². The summed E-state index contributed by atoms with van der Waals surface area (Å²) in [6, 6.07) is 6.58. The van der Waals surface area contributed by atoms with Crippen molar-refractivity contribution in [2.24, 2.45) is 0 Å². The summed E-state index contributed by atoms with van der Waals surface area (Å²) in [7, 11) is -3.26. The first-order valence-corrected chi connectivity index (χ1v) is 11.6. The van der Waals surface area contributed by atoms with Gasteiger partial charge in [0.05, 0.1) is 5.75 Å². The van der Waals surface area contributed by atoms with E-state index in [0.717, 1.165) is 23.4 Å². The maximum atomic E-state index is 12.2. The van der Waals surface area contributed by atoms with Gasteiger partial charge in [0, 0.05) is 28.8 Å². The summed E-state index contributed by atoms with van der Waals surface area (Å²) >= 11 is 0. The minimum Gasteiger partial charge on any atom is -0.361 e. The zero-order chi connectivity index (χ0) is 18.1. The van der Waals surface area contributed by atoms with Crippen LogP contribution in [-0.2, 0) is 10.0 Å². The zero-order valence-corrected chi connectivity index (χ0v) is 16.3. The normalized spacial score (nSPS) is 24.0. The van der Waals surface area contributed by atoms with Gasteiger partial charge in [0.1, 0.15) is 0 Å². The molecule has 0 saturated carbocycles. The van der Waals surface area contributed by atoms with Crippen LogP contribution in [0.4, 0.5) is 5.69 Å². The number of benzene rings is 1. The highest BCUT2D eigenvalue weighted by atomic mass is 32.2. The Bertz CT molecular complexity index is 874. The van der Waals surface area contributed by atoms with Gasteiger partial charge in [-0.1, -0.05) is 13.3 Å². The van der Waals surface area contributed by atoms with Crippen molar-refractivity contribution in [2.45, 2.75) is 57.4 Å². The lowest BCUT2D eigenvalue weighted by atomic mass is 9.85. The number of aromatic nitrogens is 1. The van der Waals surface area contributed by atoms with Crippen molar-refractivity contribution in [3.8, 4) is 0 Å². The fourth-order valence-electron chi connectivity index (χ4n) is 4.62. The fourth-order valence-corrected chi connectivity index (χ4v) is 5.87. The SMILES string of the molecule is CCCCS(=O)(=O)Nc1ccc2[nH]cc(C3CCN4CCCC4C3)c2c1. The summed E-state index contributed by atoms with van der Waals surface area (Å²) in [5.74, 6) is 0.747. The van der Waals surface area contributed by atoms with Crippen LogP contribution in [0.3, 0.4) is 0 Å². The maximum absolute atomic E-state index is 12.2. The molecular weight excluding hydrogens is 346 g/mol. The molecule has 2 atom stereocenters. The van der Waals surface area contributed by atoms with Gasteiger partial charge < -0.3 is 9.88 Å². The molecule has 4 rings (SSSR count). The number of H-pyrrole nitrogens is 1. The van der Waals surface area contributed by atoms with Crippen molar-refractivity contribution in [1.29, 1.82) is 0 Å². The number of nitrogens with one attached hydrogen (secondary N) is 2. The molecule has 5 nitrogen and oxygen atoms in total. The Hall–Kier alpha value is -1.53. The molecule has 1 aromatic carbocycles. The van der Waals surface area contributed by atoms with Crippen LogP contribution in [-0.4, -0.2) is 43.2 Å². The van der Waals surface area contributed by atoms with Crippen LogP contribution < -0.4 is 4.72 Å². The molecule has 2 aromatic rings. The standard InChI is InChI=1S/C20H29N3O2S/c1-2-3-11-26(24,25)22-16-6-7-20-18(13-16)19(14-21-20)15-8-10-23-9-4-5-17(23)12-15/h6-7,13-15,17,21-22H,2-5,8-12H2,1H3. The summed E-state index contributed by atoms with van der Waals surface area (Å²) in [6.07, 6.45) is 8.76. The van der Waals surface area contributed by atoms with E-state index in [0.29, 0.717) is 18.0 Å². The van der Waals surface area contributed by atoms with E-state index in [1.54, 1.807) is 0 Å². The Balaban J connectivity index is 1.57. The average Bonchev–Trinajstić information content (AvgIpc) is 3.25. The molecule has 2 unspecified atom stereocenters. The number of unbranched alkanes of at least 4 members (excludes halogenated alkanes) is 1. The van der Waals surface area contributed by atoms with Crippen molar-refractivity contribution in [3.63, 3.8) is 0 Å². The van der Waals surface area contributed by atoms with E-state index in [2.05, 4.69) is 20.8 Å². The van der Waals surface area contributed by atoms with Crippen molar-refractivity contribution in [2.75, 3.05) is 23.6 Å². The van der Waals surface area contributed by atoms with Gasteiger partial charge in [-0.05, 0) is 74.9 Å². The molecule has 2 fully saturated rings. The van der Waals surface area contributed by atoms with Crippen molar-refractivity contribution in [1.82, 2.24) is 9.88 Å². The van der Waals surface area contributed by atoms with Crippen LogP contribution in [0.25, 0.3) is 10.9 Å². The van der Waals surface area contributed by atoms with Gasteiger partial charge in [-0.3, -0.25) is 4.72 Å². The number of rotatable bonds is 6. The Morgan fingerprint density at radius 1 is 1.27 bits per heavy atom. The van der Waals surface area contributed by atoms with Gasteiger partial charge in [-0.25, -0.2) is 8.42 Å². The molecule has 26 heavy (non-hydrogen) atoms. The second kappa shape index (κ2) is 7.24. The Labute approximate surface area is 156 Å². The van der Waals surface area contributed by atoms with Crippen LogP contribution in [0.15, 0.2) is 24.4 Å². The van der Waals surface area contributed by atoms with E-state index >= 15 is 0 Å². The lowest BCUT2D eigenvalue weighted by Crippen LogP contribution is -2.37. The van der Waals surface area contributed by atoms with Gasteiger partial charge in [-0.2, -0.15) is 0 Å². The molecule has 1 aromatic heterocycles. The van der Waals surface area contributed by atoms with E-state index in [4.69, 9.17) is 0 Å². The quantitative estimate of drug-likeness (QED) is 0.800. The molecule has 142 valence electrons. The third-order valence-corrected chi connectivity index (χ3v) is 7.39. The molecule has 0 spiro atoms. The predicted molar refractivity (Wildman–Crippen MR) is 107 cm³/mol. The first kappa shape index (κ1) is 17.9. The molecule has 0 amide bonds. The summed E-state index contributed by atoms with van der Waals surface area (Å²) in [6.45, 7) is 4.45. The summed E-state index contributed by atoms with van der Waals surface area (Å²) in [5.41, 5.74) is 3.11. The largest absolute Gasteiger partial charge is 0.361 e. The molecule has 6 heteroatoms. The molecule has 2 aliphatic heterocycles. The van der Waals surface area contributed by atoms with Crippen LogP contribution in [0.2, 0.25) is 0 Å². The summed E-state index contributed by atoms with van der Waals surface area (Å²) < 4.78 is 27.2. The zero-order valence-electron chi connectivity index (χ0n) is 15.5. The Kier molecular flexibility index (Phi) is 4.97. The Morgan fingerprint density at radius 2 is 2.15 bits per heavy atom. The van der Waals surface area contributed by atoms with Gasteiger partial charge in [0.15, 0.2) is 0 Å². The Morgan fingerprint density at radius 3 is 3.00 bits per heavy atom. The number of hydrogen-bond acceptors (Lipinski definition) is 3. The first-order chi connectivity index (χ1) is 12.6. The molecule has 2 aliphatic rings. The van der Waals surface area contributed by atoms with E-state index in [-0.39, 0.29) is 5.75 Å². The number of sulfonamides is 1. The molecule has 0 aliphatic carbocycles. The van der Waals surface area contributed by atoms with Crippen LogP contribution >= 0.6 is 0 Å². The third kappa shape index (κ3) is 3.62. The smallest absolute Gasteiger partial charge is 0.232 e. The minimum atomic E-state index is -3.26. The second-order valence-corrected chi connectivity index (χ2v) is 9.67. The van der Waals surface area contributed by atoms with Crippen molar-refractivity contribution >= 4 is 26.6 Å². The lowest BCUT2D eigenvalue weighted by Gasteiger charge is -2.34. The number of piperidine rings is 1. The predicted octanol–water partition coefficient (Wildman–Crippen LogP) is 4.05. The molecule has 2 N–H and O–H groups in total. The van der Waals surface area contributed by atoms with E-state index in [9.17, 15) is 8.42 Å². The number of fused-ring (bicyclic) bond motifs is 2. The second-order valence-electron chi connectivity index (χ2n) is 7.83. The highest BCUT2D eigenvalue weighted by molar-refractivity contribution is 7.92. The van der Waals surface area contributed by atoms with Gasteiger partial charge in [0.25, 0.3) is 0 Å². The van der Waals surface area contributed by atoms with Gasteiger partial charge in [0.2, 0.25) is 10.0 Å². The number of hydrogen-bond donors (Lipinski definition) is 2. The highest BCUT2D eigenvalue weighted by Crippen LogP contribution is 2.39. The van der Waals surface area contributed by atoms with Crippen molar-refractivity contribution < 1.29 is 8.42 Å². The molecule has 0 radical (unpaired) electrons. The van der Waals surface area contributed by atoms with Gasteiger partial charge >= 0.3 is 0 Å². The van der Waals surface area contributed by atoms with E-state index < -0.39 is 10.0 Å². The van der Waals surface area contributed by atoms with Crippen LogP contribution in [0, 0.1) is 0 Å². The maximum Gasteiger partial charge on any atom is 0.232 e. The average molecular weight is 376 g/mol. The fraction of sp³-hybridized carbons (Fsp3) is 0.600. The van der Waals surface area contributed by atoms with Crippen molar-refractivity contribution in [3.05, 3.63) is 30.0 Å². The molecule has 3 heterocycles. The van der Waals surface area contributed by atoms with Crippen LogP contribution in [0.1, 0.15) is 56.9 Å². The highest BCUT2D eigenvalue weighted by Gasteiger charge is 2.33. The monoisotopic (exact) mass is 375 g/mol. The molecule has 0 bridgehead atoms. The lowest BCUT2D eigenvalue weighted by molar-refractivity contribution is 0.181. The van der Waals surface area contributed by atoms with E-state index in [1.165, 1.54) is 44.3 Å². The topological polar surface area (TPSA) is 65.2 Å². The minimum absolute atomic E-state index is 0.182. The van der Waals surface area contributed by atoms with Crippen LogP contribution in [0.5, 0.6) is 0 Å².